The number of carbonyl (C=O) groups is 2. The number of thioether (sulfide) groups is 1. The van der Waals surface area contributed by atoms with E-state index in [4.69, 9.17) is 10.00 Å². The topological polar surface area (TPSA) is 115 Å². The first-order valence-corrected chi connectivity index (χ1v) is 8.02. The molecule has 0 saturated heterocycles. The first kappa shape index (κ1) is 19.0. The van der Waals surface area contributed by atoms with Gasteiger partial charge in [0.1, 0.15) is 5.92 Å². The third kappa shape index (κ3) is 4.47. The molecule has 0 aliphatic carbocycles. The highest BCUT2D eigenvalue weighted by Gasteiger charge is 2.44. The first-order chi connectivity index (χ1) is 10.8. The summed E-state index contributed by atoms with van der Waals surface area (Å²) in [6, 6.07) is 3.86. The largest absolute Gasteiger partial charge is 0.383 e. The molecule has 23 heavy (non-hydrogen) atoms. The van der Waals surface area contributed by atoms with Gasteiger partial charge in [-0.3, -0.25) is 9.59 Å². The van der Waals surface area contributed by atoms with Crippen LogP contribution in [0.25, 0.3) is 0 Å². The molecule has 2 N–H and O–H groups in total. The zero-order valence-electron chi connectivity index (χ0n) is 13.6. The van der Waals surface area contributed by atoms with Gasteiger partial charge in [-0.2, -0.15) is 10.5 Å². The summed E-state index contributed by atoms with van der Waals surface area (Å²) in [5.74, 6) is -1.55. The van der Waals surface area contributed by atoms with Gasteiger partial charge in [0.15, 0.2) is 0 Å². The molecule has 0 saturated carbocycles. The van der Waals surface area contributed by atoms with Crippen LogP contribution in [0.2, 0.25) is 0 Å². The minimum atomic E-state index is -0.933. The fourth-order valence-electron chi connectivity index (χ4n) is 2.28. The van der Waals surface area contributed by atoms with E-state index in [-0.39, 0.29) is 17.7 Å². The Hall–Kier alpha value is -2.03. The molecule has 1 aliphatic heterocycles. The predicted octanol–water partition coefficient (Wildman–Crippen LogP) is 0.902. The molecule has 1 heterocycles. The molecule has 0 radical (unpaired) electrons. The maximum absolute atomic E-state index is 12.0. The van der Waals surface area contributed by atoms with Gasteiger partial charge in [0.05, 0.1) is 35.1 Å². The van der Waals surface area contributed by atoms with E-state index in [1.807, 2.05) is 13.0 Å². The number of hydrogen-bond donors (Lipinski definition) is 2. The summed E-state index contributed by atoms with van der Waals surface area (Å²) in [6.45, 7) is 5.57. The second-order valence-electron chi connectivity index (χ2n) is 5.80. The highest BCUT2D eigenvalue weighted by atomic mass is 32.2. The van der Waals surface area contributed by atoms with Gasteiger partial charge in [-0.05, 0) is 6.92 Å². The van der Waals surface area contributed by atoms with Crippen LogP contribution in [0.15, 0.2) is 10.6 Å². The average Bonchev–Trinajstić information content (AvgIpc) is 2.44. The molecule has 0 fully saturated rings. The maximum Gasteiger partial charge on any atom is 0.243 e. The number of carbonyl (C=O) groups excluding carboxylic acids is 2. The Morgan fingerprint density at radius 1 is 1.52 bits per heavy atom. The minimum Gasteiger partial charge on any atom is -0.383 e. The fraction of sp³-hybridized carbons (Fsp3) is 0.600. The van der Waals surface area contributed by atoms with E-state index in [2.05, 4.69) is 16.7 Å². The van der Waals surface area contributed by atoms with Crippen molar-refractivity contribution in [1.29, 1.82) is 10.5 Å². The normalized spacial score (nSPS) is 21.0. The number of nitriles is 2. The summed E-state index contributed by atoms with van der Waals surface area (Å²) in [4.78, 5) is 23.9. The summed E-state index contributed by atoms with van der Waals surface area (Å²) in [6.07, 6.45) is 0. The molecule has 2 atom stereocenters. The number of nitrogens with zero attached hydrogens (tertiary/aromatic N) is 2. The minimum absolute atomic E-state index is 0.0577. The number of allylic oxidation sites excluding steroid dienone is 1. The van der Waals surface area contributed by atoms with Crippen LogP contribution in [0.4, 0.5) is 0 Å². The molecule has 2 amide bonds. The van der Waals surface area contributed by atoms with Crippen LogP contribution >= 0.6 is 11.8 Å². The lowest BCUT2D eigenvalue weighted by molar-refractivity contribution is -0.125. The Bertz CT molecular complexity index is 601. The molecular weight excluding hydrogens is 316 g/mol. The summed E-state index contributed by atoms with van der Waals surface area (Å²) in [7, 11) is 1.55. The van der Waals surface area contributed by atoms with E-state index in [9.17, 15) is 14.9 Å². The molecule has 0 bridgehead atoms. The standard InChI is InChI=1S/C15H20N4O3S/c1-9(7-22-4)18-12(20)8-23-14-11(6-17)15(2,3)10(5-16)13(21)19-14/h9-10H,7-8H2,1-4H3,(H,18,20)(H,19,21)/t9-,10+/m0/s1. The van der Waals surface area contributed by atoms with Crippen molar-refractivity contribution in [3.05, 3.63) is 10.6 Å². The molecule has 0 aromatic rings. The summed E-state index contributed by atoms with van der Waals surface area (Å²) < 4.78 is 4.94. The fourth-order valence-corrected chi connectivity index (χ4v) is 3.26. The van der Waals surface area contributed by atoms with Gasteiger partial charge in [-0.15, -0.1) is 0 Å². The second kappa shape index (κ2) is 8.00. The Kier molecular flexibility index (Phi) is 6.62. The lowest BCUT2D eigenvalue weighted by Crippen LogP contribution is -2.45. The van der Waals surface area contributed by atoms with Crippen molar-refractivity contribution in [3.8, 4) is 12.1 Å². The van der Waals surface area contributed by atoms with Crippen molar-refractivity contribution >= 4 is 23.6 Å². The Morgan fingerprint density at radius 2 is 2.17 bits per heavy atom. The van der Waals surface area contributed by atoms with Crippen LogP contribution in [0.3, 0.4) is 0 Å². The molecule has 8 heteroatoms. The molecule has 0 aromatic heterocycles. The number of methoxy groups -OCH3 is 1. The van der Waals surface area contributed by atoms with Gasteiger partial charge in [-0.1, -0.05) is 25.6 Å². The summed E-state index contributed by atoms with van der Waals surface area (Å²) >= 11 is 1.08. The van der Waals surface area contributed by atoms with Gasteiger partial charge in [0, 0.05) is 18.6 Å². The highest BCUT2D eigenvalue weighted by molar-refractivity contribution is 8.03. The van der Waals surface area contributed by atoms with Gasteiger partial charge in [0.2, 0.25) is 11.8 Å². The lowest BCUT2D eigenvalue weighted by Gasteiger charge is -2.34. The van der Waals surface area contributed by atoms with E-state index < -0.39 is 17.2 Å². The van der Waals surface area contributed by atoms with Gasteiger partial charge >= 0.3 is 0 Å². The van der Waals surface area contributed by atoms with Crippen molar-refractivity contribution in [2.24, 2.45) is 11.3 Å². The Balaban J connectivity index is 2.84. The second-order valence-corrected chi connectivity index (χ2v) is 6.79. The molecule has 0 aromatic carbocycles. The number of hydrogen-bond acceptors (Lipinski definition) is 6. The Labute approximate surface area is 140 Å². The zero-order valence-corrected chi connectivity index (χ0v) is 14.4. The highest BCUT2D eigenvalue weighted by Crippen LogP contribution is 2.41. The van der Waals surface area contributed by atoms with E-state index in [0.717, 1.165) is 11.8 Å². The third-order valence-electron chi connectivity index (χ3n) is 3.50. The van der Waals surface area contributed by atoms with Crippen molar-refractivity contribution in [2.75, 3.05) is 19.5 Å². The first-order valence-electron chi connectivity index (χ1n) is 7.04. The van der Waals surface area contributed by atoms with Crippen LogP contribution in [-0.2, 0) is 14.3 Å². The zero-order chi connectivity index (χ0) is 17.6. The van der Waals surface area contributed by atoms with E-state index in [1.165, 1.54) is 0 Å². The maximum atomic E-state index is 12.0. The van der Waals surface area contributed by atoms with E-state index in [0.29, 0.717) is 17.2 Å². The van der Waals surface area contributed by atoms with Crippen molar-refractivity contribution in [3.63, 3.8) is 0 Å². The van der Waals surface area contributed by atoms with Crippen molar-refractivity contribution < 1.29 is 14.3 Å². The lowest BCUT2D eigenvalue weighted by atomic mass is 9.72. The van der Waals surface area contributed by atoms with E-state index >= 15 is 0 Å². The molecule has 0 spiro atoms. The van der Waals surface area contributed by atoms with Crippen LogP contribution in [0.5, 0.6) is 0 Å². The summed E-state index contributed by atoms with van der Waals surface area (Å²) in [5, 5.41) is 24.2. The van der Waals surface area contributed by atoms with Crippen LogP contribution < -0.4 is 10.6 Å². The summed E-state index contributed by atoms with van der Waals surface area (Å²) in [5.41, 5.74) is -0.583. The smallest absolute Gasteiger partial charge is 0.243 e. The van der Waals surface area contributed by atoms with Crippen molar-refractivity contribution in [1.82, 2.24) is 10.6 Å². The van der Waals surface area contributed by atoms with E-state index in [1.54, 1.807) is 21.0 Å². The number of amides is 2. The average molecular weight is 336 g/mol. The number of ether oxygens (including phenoxy) is 1. The predicted molar refractivity (Wildman–Crippen MR) is 85.6 cm³/mol. The van der Waals surface area contributed by atoms with Gasteiger partial charge < -0.3 is 15.4 Å². The van der Waals surface area contributed by atoms with Gasteiger partial charge in [0.25, 0.3) is 0 Å². The van der Waals surface area contributed by atoms with Crippen LogP contribution in [-0.4, -0.2) is 37.3 Å². The number of nitrogens with one attached hydrogen (secondary N) is 2. The van der Waals surface area contributed by atoms with Gasteiger partial charge in [-0.25, -0.2) is 0 Å². The van der Waals surface area contributed by atoms with Crippen LogP contribution in [0.1, 0.15) is 20.8 Å². The molecule has 7 nitrogen and oxygen atoms in total. The number of rotatable bonds is 6. The quantitative estimate of drug-likeness (QED) is 0.745. The SMILES string of the molecule is COC[C@H](C)NC(=O)CSC1=C(C#N)C(C)(C)[C@H](C#N)C(=O)N1. The third-order valence-corrected chi connectivity index (χ3v) is 4.51. The molecule has 1 aliphatic rings. The Morgan fingerprint density at radius 3 is 2.70 bits per heavy atom. The molecular formula is C15H20N4O3S. The molecule has 1 rings (SSSR count). The van der Waals surface area contributed by atoms with Crippen molar-refractivity contribution in [2.45, 2.75) is 26.8 Å². The molecule has 124 valence electrons. The molecule has 0 unspecified atom stereocenters. The monoisotopic (exact) mass is 336 g/mol. The van der Waals surface area contributed by atoms with Crippen LogP contribution in [0, 0.1) is 34.0 Å².